The molecule has 0 aliphatic carbocycles. The van der Waals surface area contributed by atoms with Gasteiger partial charge in [0.05, 0.1) is 21.7 Å². The molecule has 1 aliphatic heterocycles. The summed E-state index contributed by atoms with van der Waals surface area (Å²) in [5.41, 5.74) is 0.990. The Morgan fingerprint density at radius 3 is 1.78 bits per heavy atom. The van der Waals surface area contributed by atoms with Gasteiger partial charge in [0.15, 0.2) is 0 Å². The van der Waals surface area contributed by atoms with E-state index in [1.54, 1.807) is 24.3 Å². The van der Waals surface area contributed by atoms with Gasteiger partial charge in [0.2, 0.25) is 10.0 Å². The third kappa shape index (κ3) is 3.22. The quantitative estimate of drug-likeness (QED) is 0.545. The normalized spacial score (nSPS) is 13.7. The van der Waals surface area contributed by atoms with Gasteiger partial charge in [0, 0.05) is 13.1 Å². The Labute approximate surface area is 158 Å². The van der Waals surface area contributed by atoms with Crippen LogP contribution in [0.3, 0.4) is 0 Å². The largest absolute Gasteiger partial charge is 0.268 e. The Hall–Kier alpha value is -3.03. The lowest BCUT2D eigenvalue weighted by molar-refractivity contribution is 0.0926. The lowest BCUT2D eigenvalue weighted by atomic mass is 10.1. The van der Waals surface area contributed by atoms with Crippen molar-refractivity contribution in [2.24, 2.45) is 0 Å². The van der Waals surface area contributed by atoms with E-state index in [0.29, 0.717) is 16.8 Å². The molecule has 3 rings (SSSR count). The van der Waals surface area contributed by atoms with Crippen LogP contribution in [0.5, 0.6) is 0 Å². The Morgan fingerprint density at radius 2 is 1.33 bits per heavy atom. The third-order valence-corrected chi connectivity index (χ3v) is 6.04. The number of hydrogen-bond acceptors (Lipinski definition) is 4. The maximum absolute atomic E-state index is 12.7. The average molecular weight is 382 g/mol. The van der Waals surface area contributed by atoms with E-state index in [0.717, 1.165) is 4.90 Å². The monoisotopic (exact) mass is 382 g/mol. The molecule has 0 saturated carbocycles. The van der Waals surface area contributed by atoms with Gasteiger partial charge in [-0.2, -0.15) is 4.31 Å². The van der Waals surface area contributed by atoms with Gasteiger partial charge in [-0.1, -0.05) is 24.3 Å². The van der Waals surface area contributed by atoms with Gasteiger partial charge >= 0.3 is 0 Å². The molecule has 0 fully saturated rings. The number of imide groups is 1. The summed E-state index contributed by atoms with van der Waals surface area (Å²) < 4.78 is 26.7. The molecule has 6 nitrogen and oxygen atoms in total. The Balaban J connectivity index is 1.92. The van der Waals surface area contributed by atoms with Crippen LogP contribution in [0.15, 0.2) is 78.7 Å². The fraction of sp³-hybridized carbons (Fsp3) is 0.100. The zero-order valence-corrected chi connectivity index (χ0v) is 15.4. The zero-order chi connectivity index (χ0) is 19.6. The smallest absolute Gasteiger partial charge is 0.266 e. The van der Waals surface area contributed by atoms with E-state index in [1.807, 2.05) is 0 Å². The summed E-state index contributed by atoms with van der Waals surface area (Å²) in [6.45, 7) is 7.44. The topological polar surface area (TPSA) is 74.8 Å². The number of carbonyl (C=O) groups is 2. The van der Waals surface area contributed by atoms with Crippen LogP contribution in [-0.4, -0.2) is 37.6 Å². The Bertz CT molecular complexity index is 981. The highest BCUT2D eigenvalue weighted by atomic mass is 32.2. The first-order chi connectivity index (χ1) is 12.9. The van der Waals surface area contributed by atoms with E-state index in [-0.39, 0.29) is 18.0 Å². The second-order valence-electron chi connectivity index (χ2n) is 5.88. The summed E-state index contributed by atoms with van der Waals surface area (Å²) in [4.78, 5) is 26.2. The molecule has 7 heteroatoms. The molecule has 1 heterocycles. The second kappa shape index (κ2) is 7.30. The van der Waals surface area contributed by atoms with Gasteiger partial charge in [-0.15, -0.1) is 13.2 Å². The average Bonchev–Trinajstić information content (AvgIpc) is 2.93. The van der Waals surface area contributed by atoms with Crippen molar-refractivity contribution in [3.8, 4) is 0 Å². The molecule has 2 aromatic carbocycles. The van der Waals surface area contributed by atoms with Crippen LogP contribution < -0.4 is 4.90 Å². The number of amides is 2. The molecular formula is C20H18N2O4S. The van der Waals surface area contributed by atoms with Gasteiger partial charge < -0.3 is 0 Å². The molecule has 27 heavy (non-hydrogen) atoms. The Kier molecular flexibility index (Phi) is 5.07. The highest BCUT2D eigenvalue weighted by molar-refractivity contribution is 7.89. The molecule has 0 aromatic heterocycles. The van der Waals surface area contributed by atoms with Crippen molar-refractivity contribution in [3.05, 3.63) is 85.0 Å². The van der Waals surface area contributed by atoms with E-state index < -0.39 is 21.8 Å². The van der Waals surface area contributed by atoms with E-state index in [4.69, 9.17) is 0 Å². The predicted octanol–water partition coefficient (Wildman–Crippen LogP) is 2.85. The van der Waals surface area contributed by atoms with Crippen LogP contribution in [0.1, 0.15) is 20.7 Å². The van der Waals surface area contributed by atoms with Crippen molar-refractivity contribution in [3.63, 3.8) is 0 Å². The summed E-state index contributed by atoms with van der Waals surface area (Å²) in [6.07, 6.45) is 2.99. The van der Waals surface area contributed by atoms with E-state index >= 15 is 0 Å². The minimum absolute atomic E-state index is 0.0616. The van der Waals surface area contributed by atoms with E-state index in [1.165, 1.54) is 40.7 Å². The highest BCUT2D eigenvalue weighted by Crippen LogP contribution is 2.29. The Morgan fingerprint density at radius 1 is 0.852 bits per heavy atom. The SMILES string of the molecule is C=CCN(CC=C)S(=O)(=O)c1ccc(N2C(=O)c3ccccc3C2=O)cc1. The van der Waals surface area contributed by atoms with Crippen LogP contribution in [0.25, 0.3) is 0 Å². The van der Waals surface area contributed by atoms with Crippen molar-refractivity contribution in [2.45, 2.75) is 4.90 Å². The minimum Gasteiger partial charge on any atom is -0.268 e. The van der Waals surface area contributed by atoms with Gasteiger partial charge in [0.25, 0.3) is 11.8 Å². The molecule has 0 spiro atoms. The van der Waals surface area contributed by atoms with Crippen molar-refractivity contribution >= 4 is 27.5 Å². The third-order valence-electron chi connectivity index (χ3n) is 4.19. The molecule has 2 amide bonds. The van der Waals surface area contributed by atoms with Gasteiger partial charge in [0.1, 0.15) is 0 Å². The van der Waals surface area contributed by atoms with Crippen molar-refractivity contribution in [2.75, 3.05) is 18.0 Å². The van der Waals surface area contributed by atoms with Crippen LogP contribution >= 0.6 is 0 Å². The molecule has 0 N–H and O–H groups in total. The van der Waals surface area contributed by atoms with Crippen LogP contribution in [0.2, 0.25) is 0 Å². The summed E-state index contributed by atoms with van der Waals surface area (Å²) in [7, 11) is -3.74. The first-order valence-electron chi connectivity index (χ1n) is 8.21. The van der Waals surface area contributed by atoms with Gasteiger partial charge in [-0.25, -0.2) is 13.3 Å². The van der Waals surface area contributed by atoms with Gasteiger partial charge in [-0.3, -0.25) is 9.59 Å². The number of fused-ring (bicyclic) bond motifs is 1. The van der Waals surface area contributed by atoms with Crippen LogP contribution in [-0.2, 0) is 10.0 Å². The van der Waals surface area contributed by atoms with E-state index in [9.17, 15) is 18.0 Å². The number of benzene rings is 2. The van der Waals surface area contributed by atoms with Crippen molar-refractivity contribution < 1.29 is 18.0 Å². The number of nitrogens with zero attached hydrogens (tertiary/aromatic N) is 2. The number of rotatable bonds is 7. The second-order valence-corrected chi connectivity index (χ2v) is 7.82. The summed E-state index contributed by atoms with van der Waals surface area (Å²) in [6, 6.07) is 12.2. The molecule has 0 saturated heterocycles. The van der Waals surface area contributed by atoms with E-state index in [2.05, 4.69) is 13.2 Å². The maximum atomic E-state index is 12.7. The number of sulfonamides is 1. The minimum atomic E-state index is -3.74. The molecular weight excluding hydrogens is 364 g/mol. The standard InChI is InChI=1S/C20H18N2O4S/c1-3-13-21(14-4-2)27(25,26)16-11-9-15(10-12-16)22-19(23)17-7-5-6-8-18(17)20(22)24/h3-12H,1-2,13-14H2. The first-order valence-corrected chi connectivity index (χ1v) is 9.65. The number of anilines is 1. The molecule has 0 unspecified atom stereocenters. The van der Waals surface area contributed by atoms with Crippen LogP contribution in [0.4, 0.5) is 5.69 Å². The lowest BCUT2D eigenvalue weighted by Crippen LogP contribution is -2.32. The fourth-order valence-electron chi connectivity index (χ4n) is 2.90. The zero-order valence-electron chi connectivity index (χ0n) is 14.5. The molecule has 0 atom stereocenters. The number of hydrogen-bond donors (Lipinski definition) is 0. The first kappa shape index (κ1) is 18.8. The number of carbonyl (C=O) groups excluding carboxylic acids is 2. The summed E-state index contributed by atoms with van der Waals surface area (Å²) >= 11 is 0. The molecule has 1 aliphatic rings. The van der Waals surface area contributed by atoms with Gasteiger partial charge in [-0.05, 0) is 36.4 Å². The molecule has 0 radical (unpaired) electrons. The van der Waals surface area contributed by atoms with Crippen molar-refractivity contribution in [1.29, 1.82) is 0 Å². The predicted molar refractivity (Wildman–Crippen MR) is 103 cm³/mol. The maximum Gasteiger partial charge on any atom is 0.266 e. The fourth-order valence-corrected chi connectivity index (χ4v) is 4.28. The highest BCUT2D eigenvalue weighted by Gasteiger charge is 2.36. The molecule has 138 valence electrons. The van der Waals surface area contributed by atoms with Crippen LogP contribution in [0, 0.1) is 0 Å². The van der Waals surface area contributed by atoms with Crippen molar-refractivity contribution in [1.82, 2.24) is 4.31 Å². The summed E-state index contributed by atoms with van der Waals surface area (Å²) in [5.74, 6) is -0.850. The molecule has 2 aromatic rings. The molecule has 0 bridgehead atoms. The summed E-state index contributed by atoms with van der Waals surface area (Å²) in [5, 5.41) is 0. The lowest BCUT2D eigenvalue weighted by Gasteiger charge is -2.20.